The minimum Gasteiger partial charge on any atom is -0.388 e. The largest absolute Gasteiger partial charge is 0.388 e. The maximum Gasteiger partial charge on any atom is 0.278 e. The van der Waals surface area contributed by atoms with Gasteiger partial charge in [0.15, 0.2) is 0 Å². The third-order valence-electron chi connectivity index (χ3n) is 14.5. The van der Waals surface area contributed by atoms with Gasteiger partial charge in [0.05, 0.1) is 24.5 Å². The van der Waals surface area contributed by atoms with Gasteiger partial charge in [-0.1, -0.05) is 78.3 Å². The number of carbonyl (C=O) groups is 9. The predicted octanol–water partition coefficient (Wildman–Crippen LogP) is 0.879. The number of benzene rings is 1. The van der Waals surface area contributed by atoms with Crippen molar-refractivity contribution in [1.82, 2.24) is 45.3 Å². The number of likely N-dealkylation sites (N-methyl/N-ethyl adjacent to an activating group) is 5. The summed E-state index contributed by atoms with van der Waals surface area (Å²) in [7, 11) is 4.39. The molecule has 10 atom stereocenters. The summed E-state index contributed by atoms with van der Waals surface area (Å²) in [5.74, 6) is -9.72. The fourth-order valence-corrected chi connectivity index (χ4v) is 10.7. The first kappa shape index (κ1) is 66.8. The molecule has 0 aromatic heterocycles. The number of ether oxygens (including phenoxy) is 1. The van der Waals surface area contributed by atoms with Crippen LogP contribution in [-0.4, -0.2) is 224 Å². The van der Waals surface area contributed by atoms with E-state index in [0.717, 1.165) is 40.0 Å². The summed E-state index contributed by atoms with van der Waals surface area (Å²) < 4.78 is 20.4. The SMILES string of the molecule is CC[C@H](C)[C@H]1C(=O)N[C@H](C(=O)N2CCCCC2)CS(=O)CC(=O)N(C)[C@@H](Cc2ccccc2)C(=O)N(C)[C@@H](CC(C)C)C(=O)N[C@@](O)([C@@H](C)O)C(=O)N(C)CC(=O)N(C)C(CC(C)C)C(=O)N[C@@H](COC(C)(C)C)C(=O)N1C. The molecular weight excluding hydrogens is 1030 g/mol. The number of hydrogen-bond donors (Lipinski definition) is 5. The van der Waals surface area contributed by atoms with Gasteiger partial charge in [-0.25, -0.2) is 0 Å². The first-order chi connectivity index (χ1) is 36.2. The second-order valence-corrected chi connectivity index (χ2v) is 24.5. The molecule has 22 nitrogen and oxygen atoms in total. The van der Waals surface area contributed by atoms with Crippen LogP contribution in [0.4, 0.5) is 0 Å². The molecule has 0 radical (unpaired) electrons. The average Bonchev–Trinajstić information content (AvgIpc) is 3.37. The van der Waals surface area contributed by atoms with Gasteiger partial charge >= 0.3 is 0 Å². The van der Waals surface area contributed by atoms with Gasteiger partial charge in [-0.2, -0.15) is 0 Å². The van der Waals surface area contributed by atoms with Crippen LogP contribution in [0.25, 0.3) is 0 Å². The van der Waals surface area contributed by atoms with Gasteiger partial charge in [-0.15, -0.1) is 0 Å². The molecule has 9 amide bonds. The van der Waals surface area contributed by atoms with Crippen LogP contribution in [0.2, 0.25) is 0 Å². The molecule has 2 unspecified atom stereocenters. The lowest BCUT2D eigenvalue weighted by Gasteiger charge is -2.38. The van der Waals surface area contributed by atoms with E-state index in [-0.39, 0.29) is 37.7 Å². The molecule has 2 aliphatic heterocycles. The fourth-order valence-electron chi connectivity index (χ4n) is 9.47. The maximum atomic E-state index is 14.9. The number of carbonyl (C=O) groups excluding carboxylic acids is 9. The van der Waals surface area contributed by atoms with E-state index in [2.05, 4.69) is 16.0 Å². The van der Waals surface area contributed by atoms with Crippen LogP contribution >= 0.6 is 0 Å². The van der Waals surface area contributed by atoms with Crippen molar-refractivity contribution in [2.45, 2.75) is 168 Å². The highest BCUT2D eigenvalue weighted by atomic mass is 32.2. The van der Waals surface area contributed by atoms with Crippen molar-refractivity contribution in [2.24, 2.45) is 17.8 Å². The van der Waals surface area contributed by atoms with Crippen molar-refractivity contribution < 1.29 is 62.3 Å². The molecule has 0 saturated carbocycles. The molecule has 2 aliphatic rings. The third-order valence-corrected chi connectivity index (χ3v) is 15.8. The number of nitrogens with one attached hydrogen (secondary N) is 3. The number of likely N-dealkylation sites (tertiary alicyclic amines) is 1. The topological polar surface area (TPSA) is 276 Å². The summed E-state index contributed by atoms with van der Waals surface area (Å²) in [6, 6.07) is 0.597. The number of piperidine rings is 1. The van der Waals surface area contributed by atoms with Crippen molar-refractivity contribution in [2.75, 3.05) is 73.0 Å². The fraction of sp³-hybridized carbons (Fsp3) is 0.727. The standard InChI is InChI=1S/C55H91N9O13S/c1-16-36(6)46-49(70)57-40(51(72)64-25-21-18-22-26-64)32-78(76)33-45(67)61(13)43(29-38-23-19-17-20-24-38)52(73)62(14)42(28-35(4)5)48(69)58-55(75,37(7)65)53(74)59(11)30-44(66)60(12)41(27-34(2)3)47(68)56-39(50(71)63(46)15)31-77-54(8,9)10/h17,19-20,23-24,34-37,39-43,46,65,75H,16,18,21-22,25-33H2,1-15H3,(H,56,68)(H,57,70)(H,58,69)/t36-,37+,39-,40-,41?,42-,43-,46-,55+,78?/m0/s1. The summed E-state index contributed by atoms with van der Waals surface area (Å²) in [5, 5.41) is 30.8. The zero-order valence-electron chi connectivity index (χ0n) is 48.8. The van der Waals surface area contributed by atoms with Crippen LogP contribution < -0.4 is 16.0 Å². The molecule has 23 heteroatoms. The summed E-state index contributed by atoms with van der Waals surface area (Å²) in [6.45, 7) is 16.6. The highest BCUT2D eigenvalue weighted by Crippen LogP contribution is 2.23. The lowest BCUT2D eigenvalue weighted by atomic mass is 9.95. The molecule has 3 rings (SSSR count). The zero-order chi connectivity index (χ0) is 59.1. The molecule has 0 bridgehead atoms. The van der Waals surface area contributed by atoms with Crippen molar-refractivity contribution in [3.63, 3.8) is 0 Å². The Balaban J connectivity index is 2.32. The smallest absolute Gasteiger partial charge is 0.278 e. The van der Waals surface area contributed by atoms with E-state index in [4.69, 9.17) is 4.74 Å². The minimum absolute atomic E-state index is 0.0308. The molecular formula is C55H91N9O13S. The van der Waals surface area contributed by atoms with E-state index >= 15 is 0 Å². The molecule has 1 aromatic carbocycles. The van der Waals surface area contributed by atoms with Crippen molar-refractivity contribution >= 4 is 64.0 Å². The second kappa shape index (κ2) is 29.6. The van der Waals surface area contributed by atoms with Crippen molar-refractivity contribution in [3.8, 4) is 0 Å². The number of aliphatic hydroxyl groups is 2. The van der Waals surface area contributed by atoms with Crippen LogP contribution in [0.3, 0.4) is 0 Å². The number of aliphatic hydroxyl groups excluding tert-OH is 1. The van der Waals surface area contributed by atoms with E-state index in [1.54, 1.807) is 76.8 Å². The lowest BCUT2D eigenvalue weighted by molar-refractivity contribution is -0.174. The Morgan fingerprint density at radius 1 is 0.744 bits per heavy atom. The molecule has 2 fully saturated rings. The van der Waals surface area contributed by atoms with Crippen LogP contribution in [0, 0.1) is 17.8 Å². The number of hydrogen-bond acceptors (Lipinski definition) is 13. The van der Waals surface area contributed by atoms with Crippen LogP contribution in [0.1, 0.15) is 113 Å². The Kier molecular flexibility index (Phi) is 25.4. The molecule has 2 heterocycles. The summed E-state index contributed by atoms with van der Waals surface area (Å²) in [4.78, 5) is 138. The predicted molar refractivity (Wildman–Crippen MR) is 295 cm³/mol. The maximum absolute atomic E-state index is 14.9. The Morgan fingerprint density at radius 3 is 1.82 bits per heavy atom. The number of nitrogens with zero attached hydrogens (tertiary/aromatic N) is 6. The number of amides is 9. The van der Waals surface area contributed by atoms with Gasteiger partial charge in [0.2, 0.25) is 53.0 Å². The Morgan fingerprint density at radius 2 is 1.29 bits per heavy atom. The normalized spacial score (nSPS) is 27.2. The minimum atomic E-state index is -3.06. The molecule has 5 N–H and O–H groups in total. The van der Waals surface area contributed by atoms with Crippen LogP contribution in [-0.2, 0) is 65.1 Å². The monoisotopic (exact) mass is 1120 g/mol. The Labute approximate surface area is 464 Å². The van der Waals surface area contributed by atoms with Gasteiger partial charge < -0.3 is 60.3 Å². The Hall–Kier alpha value is -5.52. The van der Waals surface area contributed by atoms with E-state index in [1.807, 2.05) is 20.8 Å². The molecule has 440 valence electrons. The highest BCUT2D eigenvalue weighted by molar-refractivity contribution is 7.85. The Bertz CT molecular complexity index is 2270. The second-order valence-electron chi connectivity index (χ2n) is 23.0. The molecule has 0 spiro atoms. The van der Waals surface area contributed by atoms with Crippen LogP contribution in [0.5, 0.6) is 0 Å². The first-order valence-electron chi connectivity index (χ1n) is 27.2. The lowest BCUT2D eigenvalue weighted by Crippen LogP contribution is -2.68. The van der Waals surface area contributed by atoms with Crippen molar-refractivity contribution in [3.05, 3.63) is 35.9 Å². The van der Waals surface area contributed by atoms with Crippen molar-refractivity contribution in [1.29, 1.82) is 0 Å². The third kappa shape index (κ3) is 18.5. The molecule has 78 heavy (non-hydrogen) atoms. The molecule has 1 aromatic rings. The van der Waals surface area contributed by atoms with Gasteiger partial charge in [0, 0.05) is 65.5 Å². The van der Waals surface area contributed by atoms with Gasteiger partial charge in [0.25, 0.3) is 5.91 Å². The van der Waals surface area contributed by atoms with Gasteiger partial charge in [0.1, 0.15) is 48.1 Å². The molecule has 2 saturated heterocycles. The van der Waals surface area contributed by atoms with Crippen LogP contribution in [0.15, 0.2) is 30.3 Å². The van der Waals surface area contributed by atoms with E-state index < -0.39 is 142 Å². The summed E-state index contributed by atoms with van der Waals surface area (Å²) in [6.07, 6.45) is 0.612. The van der Waals surface area contributed by atoms with Gasteiger partial charge in [-0.05, 0) is 83.1 Å². The highest BCUT2D eigenvalue weighted by Gasteiger charge is 2.48. The van der Waals surface area contributed by atoms with E-state index in [0.29, 0.717) is 37.9 Å². The molecule has 0 aliphatic carbocycles. The quantitative estimate of drug-likeness (QED) is 0.195. The van der Waals surface area contributed by atoms with E-state index in [1.165, 1.54) is 33.1 Å². The van der Waals surface area contributed by atoms with E-state index in [9.17, 15) is 57.6 Å². The first-order valence-corrected chi connectivity index (χ1v) is 28.7. The zero-order valence-corrected chi connectivity index (χ0v) is 49.6. The summed E-state index contributed by atoms with van der Waals surface area (Å²) >= 11 is 0. The summed E-state index contributed by atoms with van der Waals surface area (Å²) in [5.41, 5.74) is -3.26. The van der Waals surface area contributed by atoms with Gasteiger partial charge in [-0.3, -0.25) is 47.4 Å². The number of rotatable bonds is 12. The average molecular weight is 1120 g/mol.